The van der Waals surface area contributed by atoms with E-state index in [2.05, 4.69) is 58.5 Å². The molecule has 1 aliphatic rings. The Balaban J connectivity index is 1.68. The van der Waals surface area contributed by atoms with Gasteiger partial charge in [0.2, 0.25) is 0 Å². The number of anilines is 1. The molecule has 1 saturated heterocycles. The minimum atomic E-state index is 0.536. The monoisotopic (exact) mass is 271 g/mol. The molecule has 1 aliphatic heterocycles. The quantitative estimate of drug-likeness (QED) is 0.925. The van der Waals surface area contributed by atoms with Crippen LogP contribution in [0, 0.1) is 0 Å². The summed E-state index contributed by atoms with van der Waals surface area (Å²) < 4.78 is 1.92. The third kappa shape index (κ3) is 2.82. The van der Waals surface area contributed by atoms with Gasteiger partial charge in [-0.15, -0.1) is 10.2 Å². The summed E-state index contributed by atoms with van der Waals surface area (Å²) in [6, 6.07) is 9.54. The lowest BCUT2D eigenvalue weighted by Crippen LogP contribution is -2.31. The van der Waals surface area contributed by atoms with Gasteiger partial charge in [0.15, 0.2) is 0 Å². The Kier molecular flexibility index (Phi) is 3.69. The van der Waals surface area contributed by atoms with Crippen molar-refractivity contribution in [3.05, 3.63) is 36.9 Å². The van der Waals surface area contributed by atoms with Crippen molar-refractivity contribution >= 4 is 5.69 Å². The van der Waals surface area contributed by atoms with E-state index in [1.165, 1.54) is 13.0 Å². The summed E-state index contributed by atoms with van der Waals surface area (Å²) in [4.78, 5) is 2.52. The van der Waals surface area contributed by atoms with Crippen LogP contribution < -0.4 is 5.32 Å². The summed E-state index contributed by atoms with van der Waals surface area (Å²) in [7, 11) is 0. The molecular weight excluding hydrogens is 250 g/mol. The van der Waals surface area contributed by atoms with Crippen LogP contribution in [0.5, 0.6) is 0 Å². The van der Waals surface area contributed by atoms with Gasteiger partial charge in [-0.25, -0.2) is 0 Å². The first-order valence-electron chi connectivity index (χ1n) is 7.18. The number of nitrogens with zero attached hydrogens (tertiary/aromatic N) is 4. The highest BCUT2D eigenvalue weighted by Gasteiger charge is 2.23. The first kappa shape index (κ1) is 13.1. The Morgan fingerprint density at radius 3 is 2.75 bits per heavy atom. The molecule has 106 valence electrons. The summed E-state index contributed by atoms with van der Waals surface area (Å²) in [5.41, 5.74) is 2.24. The van der Waals surface area contributed by atoms with Crippen LogP contribution in [0.3, 0.4) is 0 Å². The average Bonchev–Trinajstić information content (AvgIpc) is 3.10. The summed E-state index contributed by atoms with van der Waals surface area (Å²) >= 11 is 0. The highest BCUT2D eigenvalue weighted by molar-refractivity contribution is 5.51. The molecular formula is C15H21N5. The maximum absolute atomic E-state index is 3.85. The second-order valence-electron chi connectivity index (χ2n) is 5.64. The van der Waals surface area contributed by atoms with Gasteiger partial charge in [-0.2, -0.15) is 0 Å². The minimum Gasteiger partial charge on any atom is -0.381 e. The smallest absolute Gasteiger partial charge is 0.123 e. The molecule has 2 aromatic rings. The maximum Gasteiger partial charge on any atom is 0.123 e. The Bertz CT molecular complexity index is 549. The Morgan fingerprint density at radius 1 is 1.25 bits per heavy atom. The summed E-state index contributed by atoms with van der Waals surface area (Å²) in [6.45, 7) is 6.82. The molecule has 3 rings (SSSR count). The van der Waals surface area contributed by atoms with Gasteiger partial charge in [-0.1, -0.05) is 6.07 Å². The summed E-state index contributed by atoms with van der Waals surface area (Å²) in [5.74, 6) is 0. The SMILES string of the molecule is CC(C)N1CCC(Nc2cccc(-n3cnnc3)c2)C1. The molecule has 1 aromatic heterocycles. The molecule has 0 bridgehead atoms. The standard InChI is InChI=1S/C15H21N5/c1-12(2)19-7-6-14(9-19)18-13-4-3-5-15(8-13)20-10-16-17-11-20/h3-5,8,10-12,14,18H,6-7,9H2,1-2H3. The Morgan fingerprint density at radius 2 is 2.05 bits per heavy atom. The van der Waals surface area contributed by atoms with Crippen molar-refractivity contribution in [2.75, 3.05) is 18.4 Å². The van der Waals surface area contributed by atoms with E-state index < -0.39 is 0 Å². The van der Waals surface area contributed by atoms with E-state index in [1.807, 2.05) is 4.57 Å². The van der Waals surface area contributed by atoms with Gasteiger partial charge in [0.25, 0.3) is 0 Å². The zero-order chi connectivity index (χ0) is 13.9. The van der Waals surface area contributed by atoms with Gasteiger partial charge in [0.05, 0.1) is 5.69 Å². The Hall–Kier alpha value is -1.88. The highest BCUT2D eigenvalue weighted by atomic mass is 15.2. The molecule has 1 fully saturated rings. The summed E-state index contributed by atoms with van der Waals surface area (Å²) in [6.07, 6.45) is 4.64. The van der Waals surface area contributed by atoms with Crippen LogP contribution in [0.25, 0.3) is 5.69 Å². The number of nitrogens with one attached hydrogen (secondary N) is 1. The molecule has 5 nitrogen and oxygen atoms in total. The molecule has 0 aliphatic carbocycles. The predicted molar refractivity (Wildman–Crippen MR) is 80.1 cm³/mol. The van der Waals surface area contributed by atoms with Crippen molar-refractivity contribution in [2.24, 2.45) is 0 Å². The molecule has 0 amide bonds. The van der Waals surface area contributed by atoms with E-state index in [4.69, 9.17) is 0 Å². The lowest BCUT2D eigenvalue weighted by Gasteiger charge is -2.21. The largest absolute Gasteiger partial charge is 0.381 e. The lowest BCUT2D eigenvalue weighted by molar-refractivity contribution is 0.274. The van der Waals surface area contributed by atoms with Gasteiger partial charge in [-0.05, 0) is 38.5 Å². The number of aromatic nitrogens is 3. The average molecular weight is 271 g/mol. The van der Waals surface area contributed by atoms with Gasteiger partial charge in [-0.3, -0.25) is 9.47 Å². The van der Waals surface area contributed by atoms with E-state index in [9.17, 15) is 0 Å². The zero-order valence-corrected chi connectivity index (χ0v) is 12.0. The van der Waals surface area contributed by atoms with E-state index in [0.29, 0.717) is 12.1 Å². The maximum atomic E-state index is 3.85. The van der Waals surface area contributed by atoms with E-state index >= 15 is 0 Å². The van der Waals surface area contributed by atoms with Gasteiger partial charge in [0, 0.05) is 30.9 Å². The second kappa shape index (κ2) is 5.63. The fraction of sp³-hybridized carbons (Fsp3) is 0.467. The Labute approximate surface area is 119 Å². The zero-order valence-electron chi connectivity index (χ0n) is 12.0. The van der Waals surface area contributed by atoms with Crippen LogP contribution in [0.1, 0.15) is 20.3 Å². The molecule has 0 spiro atoms. The molecule has 2 heterocycles. The van der Waals surface area contributed by atoms with Gasteiger partial charge in [0.1, 0.15) is 12.7 Å². The number of hydrogen-bond acceptors (Lipinski definition) is 4. The molecule has 0 radical (unpaired) electrons. The third-order valence-electron chi connectivity index (χ3n) is 3.88. The molecule has 1 unspecified atom stereocenters. The van der Waals surface area contributed by atoms with Crippen molar-refractivity contribution in [1.82, 2.24) is 19.7 Å². The predicted octanol–water partition coefficient (Wildman–Crippen LogP) is 2.16. The van der Waals surface area contributed by atoms with Crippen molar-refractivity contribution in [3.8, 4) is 5.69 Å². The van der Waals surface area contributed by atoms with E-state index in [-0.39, 0.29) is 0 Å². The van der Waals surface area contributed by atoms with Crippen LogP contribution in [0.4, 0.5) is 5.69 Å². The number of likely N-dealkylation sites (tertiary alicyclic amines) is 1. The summed E-state index contributed by atoms with van der Waals surface area (Å²) in [5, 5.41) is 11.3. The van der Waals surface area contributed by atoms with Crippen molar-refractivity contribution in [2.45, 2.75) is 32.4 Å². The molecule has 1 N–H and O–H groups in total. The fourth-order valence-electron chi connectivity index (χ4n) is 2.70. The van der Waals surface area contributed by atoms with Crippen LogP contribution in [-0.4, -0.2) is 44.8 Å². The molecule has 1 atom stereocenters. The molecule has 5 heteroatoms. The fourth-order valence-corrected chi connectivity index (χ4v) is 2.70. The van der Waals surface area contributed by atoms with Crippen molar-refractivity contribution in [1.29, 1.82) is 0 Å². The van der Waals surface area contributed by atoms with Crippen molar-refractivity contribution < 1.29 is 0 Å². The third-order valence-corrected chi connectivity index (χ3v) is 3.88. The molecule has 20 heavy (non-hydrogen) atoms. The van der Waals surface area contributed by atoms with Crippen molar-refractivity contribution in [3.63, 3.8) is 0 Å². The lowest BCUT2D eigenvalue weighted by atomic mass is 10.2. The van der Waals surface area contributed by atoms with Crippen LogP contribution in [0.2, 0.25) is 0 Å². The number of rotatable bonds is 4. The molecule has 1 aromatic carbocycles. The van der Waals surface area contributed by atoms with Gasteiger partial charge < -0.3 is 5.32 Å². The number of hydrogen-bond donors (Lipinski definition) is 1. The van der Waals surface area contributed by atoms with Gasteiger partial charge >= 0.3 is 0 Å². The minimum absolute atomic E-state index is 0.536. The first-order chi connectivity index (χ1) is 9.72. The molecule has 0 saturated carbocycles. The highest BCUT2D eigenvalue weighted by Crippen LogP contribution is 2.19. The van der Waals surface area contributed by atoms with E-state index in [1.54, 1.807) is 12.7 Å². The topological polar surface area (TPSA) is 46.0 Å². The second-order valence-corrected chi connectivity index (χ2v) is 5.64. The van der Waals surface area contributed by atoms with E-state index in [0.717, 1.165) is 17.9 Å². The van der Waals surface area contributed by atoms with Crippen LogP contribution >= 0.6 is 0 Å². The van der Waals surface area contributed by atoms with Crippen LogP contribution in [-0.2, 0) is 0 Å². The first-order valence-corrected chi connectivity index (χ1v) is 7.18. The normalized spacial score (nSPS) is 19.6. The van der Waals surface area contributed by atoms with Crippen LogP contribution in [0.15, 0.2) is 36.9 Å². The number of benzene rings is 1.